The lowest BCUT2D eigenvalue weighted by molar-refractivity contribution is 0.557. The van der Waals surface area contributed by atoms with E-state index >= 15 is 0 Å². The predicted octanol–water partition coefficient (Wildman–Crippen LogP) is 1.21. The second-order valence-corrected chi connectivity index (χ2v) is 1.37. The molecule has 0 atom stereocenters. The maximum atomic E-state index is 5.08. The molecular formula is C6H7NO. The summed E-state index contributed by atoms with van der Waals surface area (Å²) >= 11 is 0. The quantitative estimate of drug-likeness (QED) is 0.588. The number of hydrogen-bond donors (Lipinski definition) is 1. The van der Waals surface area contributed by atoms with Crippen molar-refractivity contribution in [3.8, 4) is 0 Å². The molecule has 42 valence electrons. The molecule has 0 aliphatic heterocycles. The van der Waals surface area contributed by atoms with Crippen LogP contribution in [0.1, 0.15) is 5.76 Å². The first-order chi connectivity index (χ1) is 3.93. The monoisotopic (exact) mass is 109 g/mol. The summed E-state index contributed by atoms with van der Waals surface area (Å²) in [5, 5.41) is 0. The van der Waals surface area contributed by atoms with E-state index in [0.29, 0.717) is 0 Å². The molecule has 0 unspecified atom stereocenters. The molecule has 0 aromatic carbocycles. The molecule has 1 rings (SSSR count). The van der Waals surface area contributed by atoms with Crippen LogP contribution in [0.4, 0.5) is 0 Å². The Morgan fingerprint density at radius 2 is 2.50 bits per heavy atom. The van der Waals surface area contributed by atoms with Crippen molar-refractivity contribution in [1.82, 2.24) is 0 Å². The lowest BCUT2D eigenvalue weighted by Gasteiger charge is -1.76. The SMILES string of the molecule is N/C=C/c1ccco1. The normalized spacial score (nSPS) is 10.5. The van der Waals surface area contributed by atoms with Crippen molar-refractivity contribution in [3.63, 3.8) is 0 Å². The molecule has 1 aromatic rings. The average molecular weight is 109 g/mol. The van der Waals surface area contributed by atoms with Gasteiger partial charge in [-0.2, -0.15) is 0 Å². The Hall–Kier alpha value is -1.18. The van der Waals surface area contributed by atoms with Gasteiger partial charge in [-0.1, -0.05) is 0 Å². The maximum absolute atomic E-state index is 5.08. The second kappa shape index (κ2) is 2.21. The van der Waals surface area contributed by atoms with E-state index in [1.54, 1.807) is 12.3 Å². The van der Waals surface area contributed by atoms with Gasteiger partial charge >= 0.3 is 0 Å². The smallest absolute Gasteiger partial charge is 0.128 e. The van der Waals surface area contributed by atoms with E-state index in [-0.39, 0.29) is 0 Å². The largest absolute Gasteiger partial charge is 0.465 e. The van der Waals surface area contributed by atoms with Crippen molar-refractivity contribution in [2.24, 2.45) is 5.73 Å². The second-order valence-electron chi connectivity index (χ2n) is 1.37. The molecule has 0 saturated heterocycles. The Bertz CT molecular complexity index is 165. The minimum absolute atomic E-state index is 0.785. The van der Waals surface area contributed by atoms with Crippen LogP contribution in [-0.4, -0.2) is 0 Å². The highest BCUT2D eigenvalue weighted by molar-refractivity contribution is 5.40. The Labute approximate surface area is 47.6 Å². The molecule has 0 radical (unpaired) electrons. The van der Waals surface area contributed by atoms with Crippen LogP contribution in [0.25, 0.3) is 6.08 Å². The number of nitrogens with two attached hydrogens (primary N) is 1. The van der Waals surface area contributed by atoms with Gasteiger partial charge < -0.3 is 10.2 Å². The van der Waals surface area contributed by atoms with Gasteiger partial charge in [0, 0.05) is 0 Å². The molecule has 0 saturated carbocycles. The third-order valence-corrected chi connectivity index (χ3v) is 0.804. The fraction of sp³-hybridized carbons (Fsp3) is 0. The van der Waals surface area contributed by atoms with Gasteiger partial charge in [0.15, 0.2) is 0 Å². The molecular weight excluding hydrogens is 102 g/mol. The molecule has 2 N–H and O–H groups in total. The molecule has 8 heavy (non-hydrogen) atoms. The van der Waals surface area contributed by atoms with Gasteiger partial charge in [0.1, 0.15) is 5.76 Å². The van der Waals surface area contributed by atoms with Crippen molar-refractivity contribution < 1.29 is 4.42 Å². The van der Waals surface area contributed by atoms with Gasteiger partial charge in [0.25, 0.3) is 0 Å². The van der Waals surface area contributed by atoms with Crippen LogP contribution in [0.3, 0.4) is 0 Å². The fourth-order valence-corrected chi connectivity index (χ4v) is 0.481. The first kappa shape index (κ1) is 4.97. The van der Waals surface area contributed by atoms with Crippen molar-refractivity contribution >= 4 is 6.08 Å². The highest BCUT2D eigenvalue weighted by Crippen LogP contribution is 1.99. The summed E-state index contributed by atoms with van der Waals surface area (Å²) in [6, 6.07) is 3.65. The van der Waals surface area contributed by atoms with Crippen LogP contribution in [-0.2, 0) is 0 Å². The lowest BCUT2D eigenvalue weighted by atomic mass is 10.4. The topological polar surface area (TPSA) is 39.2 Å². The Morgan fingerprint density at radius 1 is 1.62 bits per heavy atom. The average Bonchev–Trinajstić information content (AvgIpc) is 2.19. The zero-order valence-electron chi connectivity index (χ0n) is 4.37. The van der Waals surface area contributed by atoms with E-state index in [2.05, 4.69) is 0 Å². The molecule has 2 nitrogen and oxygen atoms in total. The van der Waals surface area contributed by atoms with Crippen LogP contribution in [0.15, 0.2) is 29.0 Å². The Kier molecular flexibility index (Phi) is 1.37. The molecule has 1 heterocycles. The van der Waals surface area contributed by atoms with Crippen LogP contribution in [0.5, 0.6) is 0 Å². The van der Waals surface area contributed by atoms with E-state index in [1.165, 1.54) is 6.20 Å². The highest BCUT2D eigenvalue weighted by Gasteiger charge is 1.82. The van der Waals surface area contributed by atoms with E-state index in [9.17, 15) is 0 Å². The van der Waals surface area contributed by atoms with Crippen molar-refractivity contribution in [2.45, 2.75) is 0 Å². The van der Waals surface area contributed by atoms with Crippen molar-refractivity contribution in [3.05, 3.63) is 30.4 Å². The molecule has 2 heteroatoms. The van der Waals surface area contributed by atoms with Crippen LogP contribution in [0.2, 0.25) is 0 Å². The predicted molar refractivity (Wildman–Crippen MR) is 31.9 cm³/mol. The van der Waals surface area contributed by atoms with Gasteiger partial charge in [0.05, 0.1) is 6.26 Å². The first-order valence-corrected chi connectivity index (χ1v) is 2.35. The highest BCUT2D eigenvalue weighted by atomic mass is 16.3. The third-order valence-electron chi connectivity index (χ3n) is 0.804. The van der Waals surface area contributed by atoms with Gasteiger partial charge in [-0.3, -0.25) is 0 Å². The molecule has 0 fully saturated rings. The van der Waals surface area contributed by atoms with Crippen LogP contribution >= 0.6 is 0 Å². The summed E-state index contributed by atoms with van der Waals surface area (Å²) in [6.45, 7) is 0. The maximum Gasteiger partial charge on any atom is 0.128 e. The Morgan fingerprint density at radius 3 is 3.00 bits per heavy atom. The zero-order chi connectivity index (χ0) is 5.82. The summed E-state index contributed by atoms with van der Waals surface area (Å²) < 4.78 is 4.91. The van der Waals surface area contributed by atoms with E-state index in [4.69, 9.17) is 10.2 Å². The van der Waals surface area contributed by atoms with Gasteiger partial charge in [0.2, 0.25) is 0 Å². The number of furan rings is 1. The third kappa shape index (κ3) is 0.904. The van der Waals surface area contributed by atoms with Crippen molar-refractivity contribution in [2.75, 3.05) is 0 Å². The minimum atomic E-state index is 0.785. The zero-order valence-corrected chi connectivity index (χ0v) is 4.37. The number of hydrogen-bond acceptors (Lipinski definition) is 2. The molecule has 0 amide bonds. The van der Waals surface area contributed by atoms with Gasteiger partial charge in [-0.05, 0) is 24.4 Å². The summed E-state index contributed by atoms with van der Waals surface area (Å²) in [5.74, 6) is 0.785. The lowest BCUT2D eigenvalue weighted by Crippen LogP contribution is -1.73. The van der Waals surface area contributed by atoms with E-state index in [1.807, 2.05) is 12.1 Å². The summed E-state index contributed by atoms with van der Waals surface area (Å²) in [4.78, 5) is 0. The first-order valence-electron chi connectivity index (χ1n) is 2.35. The Balaban J connectivity index is 2.77. The number of rotatable bonds is 1. The van der Waals surface area contributed by atoms with Crippen molar-refractivity contribution in [1.29, 1.82) is 0 Å². The summed E-state index contributed by atoms with van der Waals surface area (Å²) in [6.07, 6.45) is 4.74. The van der Waals surface area contributed by atoms with E-state index in [0.717, 1.165) is 5.76 Å². The molecule has 0 aliphatic carbocycles. The van der Waals surface area contributed by atoms with E-state index < -0.39 is 0 Å². The van der Waals surface area contributed by atoms with Crippen LogP contribution in [0, 0.1) is 0 Å². The fourth-order valence-electron chi connectivity index (χ4n) is 0.481. The minimum Gasteiger partial charge on any atom is -0.465 e. The standard InChI is InChI=1S/C6H7NO/c7-4-3-6-2-1-5-8-6/h1-5H,7H2/b4-3+. The molecule has 1 aromatic heterocycles. The molecule has 0 spiro atoms. The summed E-state index contributed by atoms with van der Waals surface area (Å²) in [7, 11) is 0. The molecule has 0 bridgehead atoms. The van der Waals surface area contributed by atoms with Gasteiger partial charge in [-0.15, -0.1) is 0 Å². The van der Waals surface area contributed by atoms with Gasteiger partial charge in [-0.25, -0.2) is 0 Å². The van der Waals surface area contributed by atoms with Crippen LogP contribution < -0.4 is 5.73 Å². The summed E-state index contributed by atoms with van der Waals surface area (Å²) in [5.41, 5.74) is 5.08. The molecule has 0 aliphatic rings.